The Bertz CT molecular complexity index is 1370. The molecule has 1 amide bonds. The average molecular weight is 502 g/mol. The standard InChI is InChI=1S/C28H27N3O4S/c32-22-12-14-30-26(27(22)33)28(34)29-13-11-19(35-18-9-10-18)15-24(29)31(30)25-20-6-2-1-5-17(20)16-36-23-8-4-3-7-21(23)25/h1-8,12,14,18-19,24-25,33H,9-11,13,15-16H2/t19?,24-,25+/m1/s1. The maximum absolute atomic E-state index is 13.7. The molecule has 3 aromatic rings. The predicted octanol–water partition coefficient (Wildman–Crippen LogP) is 4.01. The Morgan fingerprint density at radius 2 is 1.69 bits per heavy atom. The summed E-state index contributed by atoms with van der Waals surface area (Å²) in [4.78, 5) is 29.1. The first kappa shape index (κ1) is 22.0. The Morgan fingerprint density at radius 1 is 0.917 bits per heavy atom. The Hall–Kier alpha value is -3.23. The number of aromatic nitrogens is 1. The molecule has 36 heavy (non-hydrogen) atoms. The van der Waals surface area contributed by atoms with Crippen molar-refractivity contribution in [1.29, 1.82) is 0 Å². The Labute approximate surface area is 213 Å². The van der Waals surface area contributed by atoms with Crippen LogP contribution in [-0.4, -0.2) is 45.5 Å². The molecule has 1 saturated carbocycles. The first-order chi connectivity index (χ1) is 17.6. The van der Waals surface area contributed by atoms with Gasteiger partial charge in [0.05, 0.1) is 18.2 Å². The number of pyridine rings is 1. The van der Waals surface area contributed by atoms with E-state index in [1.165, 1.54) is 22.1 Å². The fourth-order valence-electron chi connectivity index (χ4n) is 5.86. The van der Waals surface area contributed by atoms with Gasteiger partial charge < -0.3 is 14.7 Å². The van der Waals surface area contributed by atoms with Gasteiger partial charge in [-0.1, -0.05) is 42.5 Å². The summed E-state index contributed by atoms with van der Waals surface area (Å²) in [7, 11) is 0. The zero-order valence-corrected chi connectivity index (χ0v) is 20.6. The summed E-state index contributed by atoms with van der Waals surface area (Å²) in [5.74, 6) is 0.0494. The van der Waals surface area contributed by atoms with Gasteiger partial charge in [-0.15, -0.1) is 11.8 Å². The lowest BCUT2D eigenvalue weighted by atomic mass is 9.92. The topological polar surface area (TPSA) is 75.0 Å². The van der Waals surface area contributed by atoms with Crippen LogP contribution >= 0.6 is 11.8 Å². The zero-order valence-electron chi connectivity index (χ0n) is 19.7. The van der Waals surface area contributed by atoms with Gasteiger partial charge in [0.1, 0.15) is 6.17 Å². The van der Waals surface area contributed by atoms with E-state index in [1.807, 2.05) is 16.7 Å². The van der Waals surface area contributed by atoms with E-state index >= 15 is 0 Å². The Balaban J connectivity index is 1.46. The smallest absolute Gasteiger partial charge is 0.278 e. The van der Waals surface area contributed by atoms with E-state index < -0.39 is 11.2 Å². The number of ether oxygens (including phenoxy) is 1. The van der Waals surface area contributed by atoms with Crippen LogP contribution in [0.25, 0.3) is 0 Å². The molecule has 7 rings (SSSR count). The first-order valence-electron chi connectivity index (χ1n) is 12.6. The number of aromatic hydroxyl groups is 1. The first-order valence-corrected chi connectivity index (χ1v) is 13.6. The summed E-state index contributed by atoms with van der Waals surface area (Å²) in [6, 6.07) is 18.0. The SMILES string of the molecule is O=C1c2c(O)c(=O)ccn2N([C@H]2c3ccccc3CSc3ccccc32)[C@@H]2CC(OC3CC3)CCN12. The van der Waals surface area contributed by atoms with Crippen LogP contribution < -0.4 is 10.4 Å². The van der Waals surface area contributed by atoms with Crippen LogP contribution in [0.2, 0.25) is 0 Å². The number of hydrogen-bond acceptors (Lipinski definition) is 6. The molecule has 1 aliphatic carbocycles. The molecular formula is C28H27N3O4S. The largest absolute Gasteiger partial charge is 0.502 e. The lowest BCUT2D eigenvalue weighted by Gasteiger charge is -2.53. The Morgan fingerprint density at radius 3 is 2.53 bits per heavy atom. The van der Waals surface area contributed by atoms with Crippen LogP contribution in [0.15, 0.2) is 70.5 Å². The number of amides is 1. The fourth-order valence-corrected chi connectivity index (χ4v) is 6.96. The highest BCUT2D eigenvalue weighted by atomic mass is 32.2. The van der Waals surface area contributed by atoms with Gasteiger partial charge in [-0.25, -0.2) is 0 Å². The van der Waals surface area contributed by atoms with Crippen molar-refractivity contribution in [3.05, 3.63) is 93.4 Å². The van der Waals surface area contributed by atoms with Gasteiger partial charge in [0.25, 0.3) is 5.91 Å². The molecule has 4 heterocycles. The number of rotatable bonds is 3. The van der Waals surface area contributed by atoms with Crippen molar-refractivity contribution in [2.24, 2.45) is 0 Å². The zero-order chi connectivity index (χ0) is 24.4. The third kappa shape index (κ3) is 3.46. The monoisotopic (exact) mass is 501 g/mol. The number of fused-ring (bicyclic) bond motifs is 4. The molecule has 8 heteroatoms. The lowest BCUT2D eigenvalue weighted by Crippen LogP contribution is -2.65. The molecular weight excluding hydrogens is 474 g/mol. The number of benzene rings is 2. The fraction of sp³-hybridized carbons (Fsp3) is 0.357. The van der Waals surface area contributed by atoms with E-state index in [0.717, 1.165) is 30.6 Å². The second kappa shape index (κ2) is 8.42. The number of piperidine rings is 1. The van der Waals surface area contributed by atoms with Crippen LogP contribution in [0.4, 0.5) is 0 Å². The van der Waals surface area contributed by atoms with Gasteiger partial charge in [-0.05, 0) is 42.0 Å². The summed E-state index contributed by atoms with van der Waals surface area (Å²) >= 11 is 1.81. The van der Waals surface area contributed by atoms with E-state index in [9.17, 15) is 14.7 Å². The minimum atomic E-state index is -0.544. The van der Waals surface area contributed by atoms with Crippen molar-refractivity contribution >= 4 is 17.7 Å². The predicted molar refractivity (Wildman–Crippen MR) is 137 cm³/mol. The molecule has 2 aromatic carbocycles. The van der Waals surface area contributed by atoms with Crippen LogP contribution in [-0.2, 0) is 10.5 Å². The van der Waals surface area contributed by atoms with E-state index in [4.69, 9.17) is 4.74 Å². The third-order valence-electron chi connectivity index (χ3n) is 7.72. The van der Waals surface area contributed by atoms with Crippen LogP contribution in [0.1, 0.15) is 58.9 Å². The van der Waals surface area contributed by atoms with Crippen molar-refractivity contribution < 1.29 is 14.6 Å². The maximum Gasteiger partial charge on any atom is 0.278 e. The van der Waals surface area contributed by atoms with Crippen molar-refractivity contribution in [3.8, 4) is 5.75 Å². The van der Waals surface area contributed by atoms with Gasteiger partial charge in [-0.2, -0.15) is 0 Å². The number of carbonyl (C=O) groups excluding carboxylic acids is 1. The van der Waals surface area contributed by atoms with E-state index in [-0.39, 0.29) is 29.9 Å². The quantitative estimate of drug-likeness (QED) is 0.585. The molecule has 184 valence electrons. The molecule has 2 fully saturated rings. The maximum atomic E-state index is 13.7. The van der Waals surface area contributed by atoms with Crippen molar-refractivity contribution in [1.82, 2.24) is 9.58 Å². The minimum absolute atomic E-state index is 0.0344. The lowest BCUT2D eigenvalue weighted by molar-refractivity contribution is -0.0294. The van der Waals surface area contributed by atoms with Crippen LogP contribution in [0.3, 0.4) is 0 Å². The highest BCUT2D eigenvalue weighted by Crippen LogP contribution is 2.45. The average Bonchev–Trinajstić information content (AvgIpc) is 3.73. The van der Waals surface area contributed by atoms with Crippen LogP contribution in [0.5, 0.6) is 5.75 Å². The second-order valence-corrected chi connectivity index (χ2v) is 11.0. The van der Waals surface area contributed by atoms with Crippen LogP contribution in [0, 0.1) is 0 Å². The molecule has 0 bridgehead atoms. The molecule has 4 aliphatic rings. The van der Waals surface area contributed by atoms with Gasteiger partial charge in [-0.3, -0.25) is 19.3 Å². The number of nitrogens with zero attached hydrogens (tertiary/aromatic N) is 3. The molecule has 1 aromatic heterocycles. The molecule has 1 unspecified atom stereocenters. The van der Waals surface area contributed by atoms with Crippen molar-refractivity contribution in [3.63, 3.8) is 0 Å². The summed E-state index contributed by atoms with van der Waals surface area (Å²) in [6.45, 7) is 0.519. The van der Waals surface area contributed by atoms with Gasteiger partial charge in [0.15, 0.2) is 11.4 Å². The highest BCUT2D eigenvalue weighted by molar-refractivity contribution is 7.98. The molecule has 0 radical (unpaired) electrons. The molecule has 0 spiro atoms. The molecule has 1 saturated heterocycles. The summed E-state index contributed by atoms with van der Waals surface area (Å²) in [5, 5.41) is 13.0. The minimum Gasteiger partial charge on any atom is -0.502 e. The summed E-state index contributed by atoms with van der Waals surface area (Å²) in [5.41, 5.74) is 3.04. The second-order valence-electron chi connectivity index (χ2n) is 9.99. The van der Waals surface area contributed by atoms with E-state index in [1.54, 1.807) is 10.9 Å². The molecule has 3 atom stereocenters. The van der Waals surface area contributed by atoms with Crippen molar-refractivity contribution in [2.75, 3.05) is 11.6 Å². The molecule has 1 N–H and O–H groups in total. The number of hydrogen-bond donors (Lipinski definition) is 1. The van der Waals surface area contributed by atoms with E-state index in [0.29, 0.717) is 19.1 Å². The van der Waals surface area contributed by atoms with Gasteiger partial charge in [0.2, 0.25) is 5.43 Å². The molecule has 7 nitrogen and oxygen atoms in total. The highest BCUT2D eigenvalue weighted by Gasteiger charge is 2.47. The summed E-state index contributed by atoms with van der Waals surface area (Å²) < 4.78 is 8.07. The third-order valence-corrected chi connectivity index (χ3v) is 8.86. The summed E-state index contributed by atoms with van der Waals surface area (Å²) in [6.07, 6.45) is 5.38. The van der Waals surface area contributed by atoms with Gasteiger partial charge in [0, 0.05) is 35.9 Å². The normalized spacial score (nSPS) is 24.9. The number of thioether (sulfide) groups is 1. The van der Waals surface area contributed by atoms with Crippen molar-refractivity contribution in [2.45, 2.75) is 60.7 Å². The molecule has 3 aliphatic heterocycles. The Kier molecular flexibility index (Phi) is 5.15. The van der Waals surface area contributed by atoms with E-state index in [2.05, 4.69) is 53.5 Å². The van der Waals surface area contributed by atoms with Gasteiger partial charge >= 0.3 is 0 Å². The number of carbonyl (C=O) groups is 1.